The van der Waals surface area contributed by atoms with Gasteiger partial charge >= 0.3 is 12.1 Å². The fourth-order valence-corrected chi connectivity index (χ4v) is 7.13. The number of anilines is 1. The molecule has 1 aromatic carbocycles. The monoisotopic (exact) mass is 644 g/mol. The van der Waals surface area contributed by atoms with Crippen molar-refractivity contribution < 1.29 is 37.5 Å². The number of aliphatic carboxylic acids is 1. The summed E-state index contributed by atoms with van der Waals surface area (Å²) in [6, 6.07) is 2.69. The normalized spacial score (nSPS) is 19.0. The van der Waals surface area contributed by atoms with Crippen LogP contribution in [0, 0.1) is 0 Å². The Hall–Kier alpha value is -3.75. The molecule has 0 bridgehead atoms. The first kappa shape index (κ1) is 28.8. The van der Waals surface area contributed by atoms with E-state index in [1.165, 1.54) is 40.9 Å². The van der Waals surface area contributed by atoms with E-state index in [0.29, 0.717) is 16.0 Å². The number of rotatable bonds is 9. The molecular weight excluding hydrogens is 630 g/mol. The number of nitrogens with two attached hydrogens (primary N) is 1. The summed E-state index contributed by atoms with van der Waals surface area (Å²) < 4.78 is 43.7. The van der Waals surface area contributed by atoms with Crippen molar-refractivity contribution in [3.63, 3.8) is 0 Å². The molecule has 41 heavy (non-hydrogen) atoms. The molecule has 2 atom stereocenters. The van der Waals surface area contributed by atoms with Crippen LogP contribution in [0.1, 0.15) is 11.4 Å². The Morgan fingerprint density at radius 3 is 2.80 bits per heavy atom. The quantitative estimate of drug-likeness (QED) is 0.134. The van der Waals surface area contributed by atoms with Crippen molar-refractivity contribution in [1.82, 2.24) is 29.8 Å². The number of alkyl halides is 3. The lowest BCUT2D eigenvalue weighted by molar-refractivity contribution is -0.150. The van der Waals surface area contributed by atoms with E-state index in [2.05, 4.69) is 30.0 Å². The smallest absolute Gasteiger partial charge is 0.416 e. The van der Waals surface area contributed by atoms with Crippen molar-refractivity contribution in [3.8, 4) is 5.75 Å². The predicted molar refractivity (Wildman–Crippen MR) is 143 cm³/mol. The van der Waals surface area contributed by atoms with Gasteiger partial charge in [0.05, 0.1) is 5.56 Å². The molecule has 13 nitrogen and oxygen atoms in total. The molecule has 1 saturated heterocycles. The second kappa shape index (κ2) is 11.6. The number of fused-ring (bicyclic) bond motifs is 1. The summed E-state index contributed by atoms with van der Waals surface area (Å²) in [4.78, 5) is 48.4. The zero-order valence-electron chi connectivity index (χ0n) is 20.1. The van der Waals surface area contributed by atoms with E-state index in [1.807, 2.05) is 0 Å². The Balaban J connectivity index is 1.34. The van der Waals surface area contributed by atoms with Crippen LogP contribution in [0.3, 0.4) is 0 Å². The van der Waals surface area contributed by atoms with Gasteiger partial charge in [0.15, 0.2) is 15.2 Å². The van der Waals surface area contributed by atoms with Gasteiger partial charge in [0.1, 0.15) is 22.6 Å². The minimum Gasteiger partial charge on any atom is -0.477 e. The molecule has 5 rings (SSSR count). The molecule has 2 amide bonds. The van der Waals surface area contributed by atoms with Gasteiger partial charge in [-0.2, -0.15) is 22.5 Å². The standard InChI is InChI=1S/C21H15F3N8O5S4/c22-21(23,24)9-2-1-3-10(4-9)37-30-11(14-28-19(25)41-31-14)15(33)27-12-16(34)32-13(18(35)36)8(5-38-17(12)32)6-39-20-29-26-7-40-20/h1-4,7,12,17H,5-6H2,(H,27,33)(H,35,36)(H2,25,28,31)/t12?,17-/m1/s1. The van der Waals surface area contributed by atoms with Crippen molar-refractivity contribution in [2.24, 2.45) is 5.16 Å². The number of thioether (sulfide) groups is 2. The number of carboxylic acid groups (broad SMARTS) is 1. The number of nitrogen functional groups attached to an aromatic ring is 1. The third-order valence-corrected chi connectivity index (χ3v) is 9.35. The zero-order chi connectivity index (χ0) is 29.3. The van der Waals surface area contributed by atoms with Crippen LogP contribution in [-0.4, -0.2) is 76.0 Å². The number of carbonyl (C=O) groups is 3. The van der Waals surface area contributed by atoms with Crippen LogP contribution < -0.4 is 15.9 Å². The van der Waals surface area contributed by atoms with Crippen molar-refractivity contribution >= 4 is 75.0 Å². The number of carboxylic acids is 1. The maximum Gasteiger partial charge on any atom is 0.416 e. The molecule has 4 N–H and O–H groups in total. The summed E-state index contributed by atoms with van der Waals surface area (Å²) in [6.45, 7) is 0. The lowest BCUT2D eigenvalue weighted by atomic mass is 10.0. The Bertz CT molecular complexity index is 1560. The first-order valence-electron chi connectivity index (χ1n) is 11.1. The number of β-lactam (4-membered cyclic amide) rings is 1. The highest BCUT2D eigenvalue weighted by molar-refractivity contribution is 8.01. The van der Waals surface area contributed by atoms with Crippen LogP contribution in [0.5, 0.6) is 5.75 Å². The third kappa shape index (κ3) is 6.14. The topological polar surface area (TPSA) is 186 Å². The second-order valence-corrected chi connectivity index (χ2v) is 12.1. The van der Waals surface area contributed by atoms with Crippen molar-refractivity contribution in [2.75, 3.05) is 17.2 Å². The van der Waals surface area contributed by atoms with Crippen molar-refractivity contribution in [3.05, 3.63) is 52.4 Å². The number of aromatic nitrogens is 4. The molecule has 2 aromatic heterocycles. The van der Waals surface area contributed by atoms with E-state index in [-0.39, 0.29) is 33.9 Å². The van der Waals surface area contributed by atoms with Crippen LogP contribution in [-0.2, 0) is 20.6 Å². The first-order valence-corrected chi connectivity index (χ1v) is 14.8. The van der Waals surface area contributed by atoms with Crippen LogP contribution in [0.2, 0.25) is 0 Å². The summed E-state index contributed by atoms with van der Waals surface area (Å²) in [7, 11) is 0. The molecular formula is C21H15F3N8O5S4. The van der Waals surface area contributed by atoms with Gasteiger partial charge in [-0.05, 0) is 23.8 Å². The van der Waals surface area contributed by atoms with Crippen LogP contribution >= 0.6 is 46.4 Å². The lowest BCUT2D eigenvalue weighted by Crippen LogP contribution is -2.71. The largest absolute Gasteiger partial charge is 0.477 e. The van der Waals surface area contributed by atoms with Crippen LogP contribution in [0.25, 0.3) is 0 Å². The van der Waals surface area contributed by atoms with Crippen molar-refractivity contribution in [2.45, 2.75) is 21.9 Å². The van der Waals surface area contributed by atoms with Gasteiger partial charge < -0.3 is 21.0 Å². The number of carbonyl (C=O) groups excluding carboxylic acids is 2. The highest BCUT2D eigenvalue weighted by Crippen LogP contribution is 2.41. The van der Waals surface area contributed by atoms with Gasteiger partial charge in [-0.1, -0.05) is 34.3 Å². The minimum atomic E-state index is -4.64. The van der Waals surface area contributed by atoms with Gasteiger partial charge in [-0.15, -0.1) is 22.0 Å². The number of nitrogens with zero attached hydrogens (tertiary/aromatic N) is 6. The second-order valence-electron chi connectivity index (χ2n) is 8.12. The Morgan fingerprint density at radius 2 is 2.15 bits per heavy atom. The number of amides is 2. The van der Waals surface area contributed by atoms with Gasteiger partial charge in [0.25, 0.3) is 11.8 Å². The average Bonchev–Trinajstić information content (AvgIpc) is 3.61. The highest BCUT2D eigenvalue weighted by atomic mass is 32.2. The summed E-state index contributed by atoms with van der Waals surface area (Å²) in [5.74, 6) is -2.99. The van der Waals surface area contributed by atoms with Gasteiger partial charge in [0.2, 0.25) is 11.5 Å². The summed E-state index contributed by atoms with van der Waals surface area (Å²) in [5, 5.41) is 22.9. The first-order chi connectivity index (χ1) is 19.5. The Kier molecular flexibility index (Phi) is 8.16. The number of benzene rings is 1. The van der Waals surface area contributed by atoms with Crippen LogP contribution in [0.4, 0.5) is 18.3 Å². The van der Waals surface area contributed by atoms with Crippen molar-refractivity contribution in [1.29, 1.82) is 0 Å². The van der Waals surface area contributed by atoms with E-state index in [0.717, 1.165) is 28.6 Å². The molecule has 1 unspecified atom stereocenters. The molecule has 2 aliphatic rings. The number of halogens is 3. The van der Waals surface area contributed by atoms with E-state index >= 15 is 0 Å². The Labute approximate surface area is 244 Å². The SMILES string of the molecule is Nc1nc(C(=NOc2cccc(C(F)(F)F)c2)C(=O)NC2C(=O)N3C(C(=O)O)=C(CSc4nncs4)CS[C@H]23)ns1. The predicted octanol–water partition coefficient (Wildman–Crippen LogP) is 2.30. The molecule has 3 aromatic rings. The van der Waals surface area contributed by atoms with E-state index < -0.39 is 46.7 Å². The molecule has 0 spiro atoms. The summed E-state index contributed by atoms with van der Waals surface area (Å²) in [6.07, 6.45) is -4.64. The molecule has 1 fully saturated rings. The summed E-state index contributed by atoms with van der Waals surface area (Å²) in [5.41, 5.74) is 5.95. The average molecular weight is 645 g/mol. The molecule has 4 heterocycles. The molecule has 0 saturated carbocycles. The number of oxime groups is 1. The number of hydrogen-bond donors (Lipinski definition) is 3. The maximum absolute atomic E-state index is 13.2. The molecule has 20 heteroatoms. The van der Waals surface area contributed by atoms with E-state index in [4.69, 9.17) is 10.6 Å². The maximum atomic E-state index is 13.2. The number of nitrogens with one attached hydrogen (secondary N) is 1. The van der Waals surface area contributed by atoms with Crippen LogP contribution in [0.15, 0.2) is 50.5 Å². The molecule has 0 radical (unpaired) electrons. The van der Waals surface area contributed by atoms with E-state index in [1.54, 1.807) is 5.51 Å². The van der Waals surface area contributed by atoms with Gasteiger partial charge in [-0.25, -0.2) is 4.79 Å². The highest BCUT2D eigenvalue weighted by Gasteiger charge is 2.54. The molecule has 0 aliphatic carbocycles. The summed E-state index contributed by atoms with van der Waals surface area (Å²) >= 11 is 4.58. The minimum absolute atomic E-state index is 0.0246. The fourth-order valence-electron chi connectivity index (χ4n) is 3.72. The zero-order valence-corrected chi connectivity index (χ0v) is 23.3. The molecule has 214 valence electrons. The molecule has 2 aliphatic heterocycles. The fraction of sp³-hybridized carbons (Fsp3) is 0.238. The van der Waals surface area contributed by atoms with E-state index in [9.17, 15) is 32.7 Å². The third-order valence-electron chi connectivity index (χ3n) is 5.52. The Morgan fingerprint density at radius 1 is 1.34 bits per heavy atom. The lowest BCUT2D eigenvalue weighted by Gasteiger charge is -2.49. The van der Waals surface area contributed by atoms with Gasteiger partial charge in [-0.3, -0.25) is 14.5 Å². The number of hydrogen-bond acceptors (Lipinski definition) is 14. The van der Waals surface area contributed by atoms with Gasteiger partial charge in [0, 0.05) is 23.0 Å².